The van der Waals surface area contributed by atoms with Crippen molar-refractivity contribution in [3.8, 4) is 0 Å². The Kier molecular flexibility index (Phi) is 10.9. The summed E-state index contributed by atoms with van der Waals surface area (Å²) in [6, 6.07) is -4.10. The van der Waals surface area contributed by atoms with Crippen molar-refractivity contribution in [1.29, 1.82) is 0 Å². The zero-order valence-corrected chi connectivity index (χ0v) is 19.5. The number of carbonyl (C=O) groups is 5. The summed E-state index contributed by atoms with van der Waals surface area (Å²) in [6.45, 7) is 11.6. The van der Waals surface area contributed by atoms with Gasteiger partial charge in [-0.25, -0.2) is 9.69 Å². The van der Waals surface area contributed by atoms with Gasteiger partial charge in [0.05, 0.1) is 25.2 Å². The molecule has 1 heterocycles. The zero-order chi connectivity index (χ0) is 25.3. The van der Waals surface area contributed by atoms with Crippen molar-refractivity contribution in [2.75, 3.05) is 19.6 Å². The van der Waals surface area contributed by atoms with E-state index < -0.39 is 53.8 Å². The quantitative estimate of drug-likeness (QED) is 0.207. The SMILES string of the molecule is C=CCNC(=O)C(O)C(CCC)NC(=O)C1CN(CC(=O)C=C)C(=O)N1C(=O)C(N)C(C)C. The van der Waals surface area contributed by atoms with Crippen molar-refractivity contribution < 1.29 is 29.1 Å². The fourth-order valence-electron chi connectivity index (χ4n) is 3.29. The second-order valence-electron chi connectivity index (χ2n) is 8.21. The van der Waals surface area contributed by atoms with Crippen LogP contribution in [0.2, 0.25) is 0 Å². The average molecular weight is 466 g/mol. The van der Waals surface area contributed by atoms with Crippen LogP contribution in [-0.2, 0) is 19.2 Å². The van der Waals surface area contributed by atoms with Crippen LogP contribution in [0.1, 0.15) is 33.6 Å². The lowest BCUT2D eigenvalue weighted by molar-refractivity contribution is -0.139. The first-order chi connectivity index (χ1) is 15.5. The first-order valence-corrected chi connectivity index (χ1v) is 10.9. The van der Waals surface area contributed by atoms with Gasteiger partial charge in [0.2, 0.25) is 11.8 Å². The van der Waals surface area contributed by atoms with Gasteiger partial charge in [-0.2, -0.15) is 0 Å². The van der Waals surface area contributed by atoms with Gasteiger partial charge in [0.1, 0.15) is 6.04 Å². The van der Waals surface area contributed by atoms with E-state index >= 15 is 0 Å². The van der Waals surface area contributed by atoms with Gasteiger partial charge >= 0.3 is 6.03 Å². The first-order valence-electron chi connectivity index (χ1n) is 10.9. The van der Waals surface area contributed by atoms with E-state index in [2.05, 4.69) is 23.8 Å². The minimum atomic E-state index is -1.55. The highest BCUT2D eigenvalue weighted by Crippen LogP contribution is 2.20. The number of carbonyl (C=O) groups excluding carboxylic acids is 5. The molecular weight excluding hydrogens is 430 g/mol. The number of hydrogen-bond donors (Lipinski definition) is 4. The number of nitrogens with zero attached hydrogens (tertiary/aromatic N) is 2. The normalized spacial score (nSPS) is 18.5. The topological polar surface area (TPSA) is 162 Å². The number of hydrogen-bond acceptors (Lipinski definition) is 7. The van der Waals surface area contributed by atoms with Crippen molar-refractivity contribution in [3.63, 3.8) is 0 Å². The van der Waals surface area contributed by atoms with Gasteiger partial charge in [0, 0.05) is 6.54 Å². The standard InChI is InChI=1S/C22H35N5O6/c1-6-9-15(18(29)20(31)24-10-7-2)25-19(30)16-12-26(11-14(28)8-3)22(33)27(16)21(32)17(23)13(4)5/h7-8,13,15-18,29H,2-3,6,9-12,23H2,1,4-5H3,(H,24,31)(H,25,30). The number of aliphatic hydroxyl groups is 1. The van der Waals surface area contributed by atoms with Crippen LogP contribution in [0.3, 0.4) is 0 Å². The molecule has 1 fully saturated rings. The number of aliphatic hydroxyl groups excluding tert-OH is 1. The van der Waals surface area contributed by atoms with E-state index in [0.29, 0.717) is 6.42 Å². The summed E-state index contributed by atoms with van der Waals surface area (Å²) in [5.74, 6) is -2.94. The van der Waals surface area contributed by atoms with Crippen molar-refractivity contribution in [2.45, 2.75) is 57.8 Å². The van der Waals surface area contributed by atoms with E-state index in [-0.39, 0.29) is 32.0 Å². The Bertz CT molecular complexity index is 783. The van der Waals surface area contributed by atoms with E-state index in [1.54, 1.807) is 13.8 Å². The number of imide groups is 1. The summed E-state index contributed by atoms with van der Waals surface area (Å²) < 4.78 is 0. The van der Waals surface area contributed by atoms with Crippen LogP contribution in [0.15, 0.2) is 25.3 Å². The number of nitrogens with two attached hydrogens (primary N) is 1. The van der Waals surface area contributed by atoms with Gasteiger partial charge in [-0.1, -0.05) is 39.8 Å². The molecule has 4 unspecified atom stereocenters. The number of rotatable bonds is 13. The molecule has 0 aliphatic carbocycles. The molecule has 0 aromatic heterocycles. The summed E-state index contributed by atoms with van der Waals surface area (Å²) in [5, 5.41) is 15.5. The molecule has 1 saturated heterocycles. The molecule has 0 aromatic carbocycles. The van der Waals surface area contributed by atoms with Crippen molar-refractivity contribution in [1.82, 2.24) is 20.4 Å². The van der Waals surface area contributed by atoms with Crippen LogP contribution in [-0.4, -0.2) is 88.3 Å². The van der Waals surface area contributed by atoms with E-state index in [4.69, 9.17) is 5.73 Å². The van der Waals surface area contributed by atoms with Gasteiger partial charge in [-0.15, -0.1) is 6.58 Å². The molecule has 0 aromatic rings. The second kappa shape index (κ2) is 12.9. The molecular formula is C22H35N5O6. The molecule has 11 heteroatoms. The monoisotopic (exact) mass is 465 g/mol. The van der Waals surface area contributed by atoms with Gasteiger partial charge in [-0.05, 0) is 18.4 Å². The fourth-order valence-corrected chi connectivity index (χ4v) is 3.29. The minimum absolute atomic E-state index is 0.140. The van der Waals surface area contributed by atoms with Gasteiger partial charge < -0.3 is 26.4 Å². The summed E-state index contributed by atoms with van der Waals surface area (Å²) >= 11 is 0. The molecule has 4 atom stereocenters. The lowest BCUT2D eigenvalue weighted by Crippen LogP contribution is -2.58. The van der Waals surface area contributed by atoms with E-state index in [9.17, 15) is 29.1 Å². The molecule has 1 aliphatic rings. The van der Waals surface area contributed by atoms with Crippen molar-refractivity contribution >= 4 is 29.5 Å². The Labute approximate surface area is 194 Å². The van der Waals surface area contributed by atoms with Gasteiger partial charge in [0.25, 0.3) is 5.91 Å². The third-order valence-corrected chi connectivity index (χ3v) is 5.30. The first kappa shape index (κ1) is 28.0. The molecule has 184 valence electrons. The Morgan fingerprint density at radius 3 is 2.42 bits per heavy atom. The number of amides is 5. The van der Waals surface area contributed by atoms with Crippen LogP contribution in [0.4, 0.5) is 4.79 Å². The third-order valence-electron chi connectivity index (χ3n) is 5.30. The highest BCUT2D eigenvalue weighted by molar-refractivity contribution is 6.05. The predicted molar refractivity (Wildman–Crippen MR) is 122 cm³/mol. The Hall–Kier alpha value is -3.05. The fraction of sp³-hybridized carbons (Fsp3) is 0.591. The van der Waals surface area contributed by atoms with Crippen LogP contribution in [0.5, 0.6) is 0 Å². The number of nitrogens with one attached hydrogen (secondary N) is 2. The summed E-state index contributed by atoms with van der Waals surface area (Å²) in [6.07, 6.45) is 1.76. The largest absolute Gasteiger partial charge is 0.381 e. The smallest absolute Gasteiger partial charge is 0.328 e. The maximum absolute atomic E-state index is 13.1. The molecule has 0 radical (unpaired) electrons. The molecule has 1 aliphatic heterocycles. The van der Waals surface area contributed by atoms with Crippen LogP contribution in [0, 0.1) is 5.92 Å². The Morgan fingerprint density at radius 2 is 1.91 bits per heavy atom. The maximum atomic E-state index is 13.1. The van der Waals surface area contributed by atoms with Gasteiger partial charge in [-0.3, -0.25) is 19.2 Å². The Morgan fingerprint density at radius 1 is 1.27 bits per heavy atom. The van der Waals surface area contributed by atoms with E-state index in [0.717, 1.165) is 15.9 Å². The summed E-state index contributed by atoms with van der Waals surface area (Å²) in [5.41, 5.74) is 5.94. The number of ketones is 1. The average Bonchev–Trinajstić information content (AvgIpc) is 3.11. The van der Waals surface area contributed by atoms with Crippen LogP contribution in [0.25, 0.3) is 0 Å². The maximum Gasteiger partial charge on any atom is 0.328 e. The second-order valence-corrected chi connectivity index (χ2v) is 8.21. The predicted octanol–water partition coefficient (Wildman–Crippen LogP) is -0.694. The Balaban J connectivity index is 3.16. The molecule has 33 heavy (non-hydrogen) atoms. The molecule has 0 spiro atoms. The lowest BCUT2D eigenvalue weighted by Gasteiger charge is -2.28. The molecule has 0 saturated carbocycles. The summed E-state index contributed by atoms with van der Waals surface area (Å²) in [4.78, 5) is 64.8. The molecule has 5 N–H and O–H groups in total. The number of urea groups is 1. The lowest BCUT2D eigenvalue weighted by atomic mass is 10.0. The molecule has 11 nitrogen and oxygen atoms in total. The zero-order valence-electron chi connectivity index (χ0n) is 19.5. The highest BCUT2D eigenvalue weighted by atomic mass is 16.3. The van der Waals surface area contributed by atoms with Crippen LogP contribution >= 0.6 is 0 Å². The minimum Gasteiger partial charge on any atom is -0.381 e. The van der Waals surface area contributed by atoms with E-state index in [1.165, 1.54) is 6.08 Å². The van der Waals surface area contributed by atoms with Gasteiger partial charge in [0.15, 0.2) is 11.9 Å². The molecule has 1 rings (SSSR count). The highest BCUT2D eigenvalue weighted by Gasteiger charge is 2.47. The van der Waals surface area contributed by atoms with Crippen LogP contribution < -0.4 is 16.4 Å². The molecule has 0 bridgehead atoms. The third kappa shape index (κ3) is 7.22. The van der Waals surface area contributed by atoms with Crippen molar-refractivity contribution in [3.05, 3.63) is 25.3 Å². The van der Waals surface area contributed by atoms with Crippen molar-refractivity contribution in [2.24, 2.45) is 11.7 Å². The summed E-state index contributed by atoms with van der Waals surface area (Å²) in [7, 11) is 0. The molecule has 5 amide bonds. The van der Waals surface area contributed by atoms with E-state index in [1.807, 2.05) is 6.92 Å².